The standard InChI is InChI=1S/C10H8.2H2O4S/c1-2-6-10-8-4-3-7-9(10)5-1;2*1-5(2,3)4/h1-8H;2*(H2,1,2,3,4)/p-4. The lowest BCUT2D eigenvalue weighted by Gasteiger charge is -2.06. The van der Waals surface area contributed by atoms with Gasteiger partial charge in [0.1, 0.15) is 0 Å². The van der Waals surface area contributed by atoms with Crippen molar-refractivity contribution in [1.82, 2.24) is 0 Å². The minimum absolute atomic E-state index is 1.31. The quantitative estimate of drug-likeness (QED) is 0.490. The van der Waals surface area contributed by atoms with Gasteiger partial charge in [0.15, 0.2) is 0 Å². The Balaban J connectivity index is 0.000000310. The summed E-state index contributed by atoms with van der Waals surface area (Å²) >= 11 is 0. The molecule has 0 aliphatic carbocycles. The van der Waals surface area contributed by atoms with E-state index in [2.05, 4.69) is 48.5 Å². The topological polar surface area (TPSA) is 161 Å². The second kappa shape index (κ2) is 7.89. The summed E-state index contributed by atoms with van der Waals surface area (Å²) in [6.07, 6.45) is 0. The minimum Gasteiger partial charge on any atom is -0.759 e. The van der Waals surface area contributed by atoms with Crippen molar-refractivity contribution in [2.24, 2.45) is 0 Å². The van der Waals surface area contributed by atoms with Gasteiger partial charge in [0.2, 0.25) is 0 Å². The van der Waals surface area contributed by atoms with Crippen LogP contribution in [0.3, 0.4) is 0 Å². The Morgan fingerprint density at radius 2 is 0.700 bits per heavy atom. The van der Waals surface area contributed by atoms with Gasteiger partial charge in [-0.1, -0.05) is 48.5 Å². The summed E-state index contributed by atoms with van der Waals surface area (Å²) in [5.74, 6) is 0. The first-order valence-electron chi connectivity index (χ1n) is 4.74. The Hall–Kier alpha value is -1.56. The van der Waals surface area contributed by atoms with Gasteiger partial charge < -0.3 is 18.2 Å². The molecule has 2 rings (SSSR count). The number of hydrogen-bond acceptors (Lipinski definition) is 8. The van der Waals surface area contributed by atoms with Crippen LogP contribution in [-0.2, 0) is 20.8 Å². The molecule has 0 aromatic heterocycles. The van der Waals surface area contributed by atoms with Crippen LogP contribution in [0, 0.1) is 0 Å². The maximum absolute atomic E-state index is 8.52. The van der Waals surface area contributed by atoms with Crippen molar-refractivity contribution in [3.05, 3.63) is 48.5 Å². The Morgan fingerprint density at radius 1 is 0.550 bits per heavy atom. The summed E-state index contributed by atoms with van der Waals surface area (Å²) in [5.41, 5.74) is 0. The second-order valence-corrected chi connectivity index (χ2v) is 4.80. The molecule has 0 saturated carbocycles. The fourth-order valence-electron chi connectivity index (χ4n) is 1.13. The van der Waals surface area contributed by atoms with E-state index in [4.69, 9.17) is 35.0 Å². The van der Waals surface area contributed by atoms with E-state index in [1.165, 1.54) is 10.8 Å². The molecular formula is C10H8O8S2-4. The second-order valence-electron chi connectivity index (χ2n) is 3.16. The van der Waals surface area contributed by atoms with Crippen LogP contribution in [0.5, 0.6) is 0 Å². The van der Waals surface area contributed by atoms with Crippen molar-refractivity contribution >= 4 is 31.6 Å². The van der Waals surface area contributed by atoms with Crippen LogP contribution in [0.25, 0.3) is 10.8 Å². The first kappa shape index (κ1) is 18.4. The van der Waals surface area contributed by atoms with E-state index >= 15 is 0 Å². The number of benzene rings is 2. The zero-order chi connectivity index (χ0) is 15.8. The molecule has 0 saturated heterocycles. The molecule has 0 atom stereocenters. The molecule has 0 fully saturated rings. The molecule has 2 aromatic rings. The predicted molar refractivity (Wildman–Crippen MR) is 64.9 cm³/mol. The first-order chi connectivity index (χ1) is 8.97. The Bertz CT molecular complexity index is 625. The SMILES string of the molecule is O=S(=O)([O-])[O-].O=S(=O)([O-])[O-].c1ccc2ccccc2c1. The highest BCUT2D eigenvalue weighted by Crippen LogP contribution is 2.11. The average Bonchev–Trinajstić information content (AvgIpc) is 2.25. The predicted octanol–water partition coefficient (Wildman–Crippen LogP) is 0.164. The van der Waals surface area contributed by atoms with Crippen LogP contribution in [-0.4, -0.2) is 35.0 Å². The van der Waals surface area contributed by atoms with Crippen LogP contribution < -0.4 is 0 Å². The summed E-state index contributed by atoms with van der Waals surface area (Å²) in [7, 11) is -10.3. The van der Waals surface area contributed by atoms with Crippen LogP contribution in [0.15, 0.2) is 48.5 Å². The molecule has 0 radical (unpaired) electrons. The summed E-state index contributed by atoms with van der Waals surface area (Å²) in [6.45, 7) is 0. The molecule has 2 aromatic carbocycles. The lowest BCUT2D eigenvalue weighted by atomic mass is 10.1. The fraction of sp³-hybridized carbons (Fsp3) is 0. The zero-order valence-electron chi connectivity index (χ0n) is 9.70. The number of rotatable bonds is 0. The van der Waals surface area contributed by atoms with E-state index in [0.29, 0.717) is 0 Å². The van der Waals surface area contributed by atoms with Crippen molar-refractivity contribution in [3.63, 3.8) is 0 Å². The first-order valence-corrected chi connectivity index (χ1v) is 7.40. The van der Waals surface area contributed by atoms with Crippen molar-refractivity contribution < 1.29 is 35.0 Å². The van der Waals surface area contributed by atoms with Gasteiger partial charge in [-0.15, -0.1) is 0 Å². The maximum Gasteiger partial charge on any atom is 0.0311 e. The van der Waals surface area contributed by atoms with Gasteiger partial charge in [-0.3, -0.25) is 16.8 Å². The molecule has 0 amide bonds. The Morgan fingerprint density at radius 3 is 0.850 bits per heavy atom. The Kier molecular flexibility index (Phi) is 7.28. The third kappa shape index (κ3) is 14.5. The summed E-state index contributed by atoms with van der Waals surface area (Å²) in [6, 6.07) is 16.7. The van der Waals surface area contributed by atoms with Gasteiger partial charge >= 0.3 is 0 Å². The van der Waals surface area contributed by atoms with Crippen molar-refractivity contribution in [3.8, 4) is 0 Å². The van der Waals surface area contributed by atoms with Crippen LogP contribution >= 0.6 is 0 Å². The van der Waals surface area contributed by atoms with Crippen LogP contribution in [0.4, 0.5) is 0 Å². The molecule has 0 spiro atoms. The molecule has 20 heavy (non-hydrogen) atoms. The van der Waals surface area contributed by atoms with Crippen molar-refractivity contribution in [2.75, 3.05) is 0 Å². The fourth-order valence-corrected chi connectivity index (χ4v) is 1.13. The summed E-state index contributed by atoms with van der Waals surface area (Å²) in [5, 5.41) is 2.62. The number of hydrogen-bond donors (Lipinski definition) is 0. The monoisotopic (exact) mass is 320 g/mol. The minimum atomic E-state index is -5.17. The highest BCUT2D eigenvalue weighted by atomic mass is 32.3. The number of fused-ring (bicyclic) bond motifs is 1. The molecule has 10 heteroatoms. The molecule has 0 aliphatic rings. The highest BCUT2D eigenvalue weighted by Gasteiger charge is 1.85. The van der Waals surface area contributed by atoms with E-state index in [1.807, 2.05) is 0 Å². The highest BCUT2D eigenvalue weighted by molar-refractivity contribution is 7.79. The molecule has 0 N–H and O–H groups in total. The molecule has 8 nitrogen and oxygen atoms in total. The largest absolute Gasteiger partial charge is 0.759 e. The van der Waals surface area contributed by atoms with Crippen LogP contribution in [0.2, 0.25) is 0 Å². The normalized spacial score (nSPS) is 10.8. The molecule has 112 valence electrons. The van der Waals surface area contributed by atoms with E-state index in [0.717, 1.165) is 0 Å². The lowest BCUT2D eigenvalue weighted by molar-refractivity contribution is 0.350. The molecule has 0 aliphatic heterocycles. The zero-order valence-corrected chi connectivity index (χ0v) is 11.3. The van der Waals surface area contributed by atoms with Gasteiger partial charge in [0.25, 0.3) is 0 Å². The van der Waals surface area contributed by atoms with Gasteiger partial charge in [-0.2, -0.15) is 0 Å². The van der Waals surface area contributed by atoms with Gasteiger partial charge in [-0.05, 0) is 10.8 Å². The smallest absolute Gasteiger partial charge is 0.0311 e. The molecule has 0 heterocycles. The average molecular weight is 320 g/mol. The van der Waals surface area contributed by atoms with Crippen LogP contribution in [0.1, 0.15) is 0 Å². The van der Waals surface area contributed by atoms with Gasteiger partial charge in [0, 0.05) is 20.8 Å². The molecule has 0 bridgehead atoms. The van der Waals surface area contributed by atoms with Crippen molar-refractivity contribution in [1.29, 1.82) is 0 Å². The summed E-state index contributed by atoms with van der Waals surface area (Å²) in [4.78, 5) is 0. The molecule has 0 unspecified atom stereocenters. The Labute approximate surface area is 115 Å². The third-order valence-corrected chi connectivity index (χ3v) is 1.66. The molecular weight excluding hydrogens is 312 g/mol. The van der Waals surface area contributed by atoms with E-state index in [9.17, 15) is 0 Å². The van der Waals surface area contributed by atoms with Gasteiger partial charge in [-0.25, -0.2) is 0 Å². The lowest BCUT2D eigenvalue weighted by Crippen LogP contribution is -1.91. The maximum atomic E-state index is 8.52. The van der Waals surface area contributed by atoms with Crippen molar-refractivity contribution in [2.45, 2.75) is 0 Å². The van der Waals surface area contributed by atoms with E-state index in [1.54, 1.807) is 0 Å². The third-order valence-electron chi connectivity index (χ3n) is 1.66. The van der Waals surface area contributed by atoms with E-state index in [-0.39, 0.29) is 0 Å². The van der Waals surface area contributed by atoms with Gasteiger partial charge in [0.05, 0.1) is 0 Å². The summed E-state index contributed by atoms with van der Waals surface area (Å²) < 4.78 is 68.2. The van der Waals surface area contributed by atoms with E-state index < -0.39 is 20.8 Å².